The highest BCUT2D eigenvalue weighted by atomic mass is 16.4. The van der Waals surface area contributed by atoms with Gasteiger partial charge in [-0.05, 0) is 56.0 Å². The Bertz CT molecular complexity index is 625. The summed E-state index contributed by atoms with van der Waals surface area (Å²) >= 11 is 0. The molecule has 1 heterocycles. The van der Waals surface area contributed by atoms with Gasteiger partial charge in [-0.15, -0.1) is 0 Å². The minimum Gasteiger partial charge on any atom is -0.478 e. The third-order valence-electron chi connectivity index (χ3n) is 3.41. The third kappa shape index (κ3) is 2.74. The van der Waals surface area contributed by atoms with Crippen molar-refractivity contribution in [1.29, 1.82) is 0 Å². The predicted molar refractivity (Wildman–Crippen MR) is 78.5 cm³/mol. The van der Waals surface area contributed by atoms with Gasteiger partial charge in [0, 0.05) is 5.69 Å². The number of carboxylic acid groups (broad SMARTS) is 1. The van der Waals surface area contributed by atoms with Crippen molar-refractivity contribution < 1.29 is 9.90 Å². The number of rotatable bonds is 4. The van der Waals surface area contributed by atoms with Crippen LogP contribution in [0.5, 0.6) is 0 Å². The molecule has 20 heavy (non-hydrogen) atoms. The van der Waals surface area contributed by atoms with Gasteiger partial charge in [0.15, 0.2) is 0 Å². The van der Waals surface area contributed by atoms with Crippen molar-refractivity contribution in [2.45, 2.75) is 34.1 Å². The molecule has 1 aromatic carbocycles. The zero-order chi connectivity index (χ0) is 14.9. The van der Waals surface area contributed by atoms with Crippen LogP contribution in [-0.4, -0.2) is 20.9 Å². The first-order chi connectivity index (χ1) is 9.40. The van der Waals surface area contributed by atoms with E-state index in [4.69, 9.17) is 5.11 Å². The molecule has 0 atom stereocenters. The summed E-state index contributed by atoms with van der Waals surface area (Å²) in [4.78, 5) is 10.9. The molecule has 2 aromatic rings. The second kappa shape index (κ2) is 5.49. The van der Waals surface area contributed by atoms with Crippen molar-refractivity contribution in [2.75, 3.05) is 0 Å². The van der Waals surface area contributed by atoms with Gasteiger partial charge in [0.05, 0.1) is 16.9 Å². The van der Waals surface area contributed by atoms with Crippen LogP contribution in [0.2, 0.25) is 0 Å². The molecular formula is C16H20N2O2. The van der Waals surface area contributed by atoms with Gasteiger partial charge in [0.25, 0.3) is 0 Å². The number of carboxylic acids is 1. The molecule has 0 saturated carbocycles. The van der Waals surface area contributed by atoms with Gasteiger partial charge < -0.3 is 5.11 Å². The Balaban J connectivity index is 2.40. The molecule has 0 amide bonds. The first kappa shape index (κ1) is 14.3. The fourth-order valence-electron chi connectivity index (χ4n) is 2.38. The lowest BCUT2D eigenvalue weighted by Gasteiger charge is -2.07. The Labute approximate surface area is 119 Å². The van der Waals surface area contributed by atoms with E-state index in [1.54, 1.807) is 24.3 Å². The molecule has 1 N–H and O–H groups in total. The van der Waals surface area contributed by atoms with E-state index in [1.807, 2.05) is 11.6 Å². The number of benzene rings is 1. The van der Waals surface area contributed by atoms with Gasteiger partial charge in [-0.3, -0.25) is 0 Å². The Morgan fingerprint density at radius 2 is 1.85 bits per heavy atom. The van der Waals surface area contributed by atoms with Crippen molar-refractivity contribution in [3.8, 4) is 5.69 Å². The molecule has 0 bridgehead atoms. The van der Waals surface area contributed by atoms with Crippen LogP contribution >= 0.6 is 0 Å². The molecule has 0 aliphatic rings. The smallest absolute Gasteiger partial charge is 0.335 e. The molecule has 106 valence electrons. The Kier molecular flexibility index (Phi) is 3.93. The van der Waals surface area contributed by atoms with Crippen molar-refractivity contribution in [3.05, 3.63) is 46.8 Å². The van der Waals surface area contributed by atoms with E-state index < -0.39 is 5.97 Å². The lowest BCUT2D eigenvalue weighted by molar-refractivity contribution is 0.0697. The second-order valence-electron chi connectivity index (χ2n) is 5.51. The number of aromatic carboxylic acids is 1. The monoisotopic (exact) mass is 272 g/mol. The normalized spacial score (nSPS) is 11.1. The van der Waals surface area contributed by atoms with Gasteiger partial charge in [-0.2, -0.15) is 5.10 Å². The van der Waals surface area contributed by atoms with Crippen LogP contribution < -0.4 is 0 Å². The van der Waals surface area contributed by atoms with Gasteiger partial charge in [-0.25, -0.2) is 9.48 Å². The Morgan fingerprint density at radius 1 is 1.25 bits per heavy atom. The van der Waals surface area contributed by atoms with E-state index >= 15 is 0 Å². The van der Waals surface area contributed by atoms with Crippen LogP contribution in [0, 0.1) is 19.8 Å². The molecule has 0 unspecified atom stereocenters. The molecule has 0 radical (unpaired) electrons. The highest BCUT2D eigenvalue weighted by Crippen LogP contribution is 2.21. The van der Waals surface area contributed by atoms with Gasteiger partial charge in [-0.1, -0.05) is 13.8 Å². The molecule has 0 saturated heterocycles. The summed E-state index contributed by atoms with van der Waals surface area (Å²) in [5.41, 5.74) is 4.63. The summed E-state index contributed by atoms with van der Waals surface area (Å²) in [6.45, 7) is 8.46. The van der Waals surface area contributed by atoms with Crippen LogP contribution in [0.15, 0.2) is 24.3 Å². The number of aryl methyl sites for hydroxylation is 1. The number of carbonyl (C=O) groups is 1. The summed E-state index contributed by atoms with van der Waals surface area (Å²) < 4.78 is 1.89. The SMILES string of the molecule is Cc1nn(-c2ccc(C(=O)O)cc2)c(C)c1CC(C)C. The maximum atomic E-state index is 10.9. The van der Waals surface area contributed by atoms with E-state index in [2.05, 4.69) is 25.9 Å². The fraction of sp³-hybridized carbons (Fsp3) is 0.375. The number of aromatic nitrogens is 2. The average Bonchev–Trinajstić information content (AvgIpc) is 2.66. The maximum Gasteiger partial charge on any atom is 0.335 e. The van der Waals surface area contributed by atoms with E-state index in [0.29, 0.717) is 5.92 Å². The summed E-state index contributed by atoms with van der Waals surface area (Å²) in [7, 11) is 0. The molecular weight excluding hydrogens is 252 g/mol. The minimum atomic E-state index is -0.912. The van der Waals surface area contributed by atoms with Crippen LogP contribution in [0.3, 0.4) is 0 Å². The second-order valence-corrected chi connectivity index (χ2v) is 5.51. The molecule has 1 aromatic heterocycles. The fourth-order valence-corrected chi connectivity index (χ4v) is 2.38. The van der Waals surface area contributed by atoms with E-state index in [1.165, 1.54) is 5.56 Å². The molecule has 0 aliphatic carbocycles. The molecule has 0 spiro atoms. The summed E-state index contributed by atoms with van der Waals surface area (Å²) in [6.07, 6.45) is 1.00. The van der Waals surface area contributed by atoms with Crippen molar-refractivity contribution in [3.63, 3.8) is 0 Å². The predicted octanol–water partition coefficient (Wildman–Crippen LogP) is 3.39. The summed E-state index contributed by atoms with van der Waals surface area (Å²) in [5, 5.41) is 13.5. The average molecular weight is 272 g/mol. The first-order valence-corrected chi connectivity index (χ1v) is 6.79. The topological polar surface area (TPSA) is 55.1 Å². The van der Waals surface area contributed by atoms with Gasteiger partial charge in [0.1, 0.15) is 0 Å². The lowest BCUT2D eigenvalue weighted by Crippen LogP contribution is -2.02. The number of nitrogens with zero attached hydrogens (tertiary/aromatic N) is 2. The maximum absolute atomic E-state index is 10.9. The molecule has 2 rings (SSSR count). The highest BCUT2D eigenvalue weighted by Gasteiger charge is 2.14. The Hall–Kier alpha value is -2.10. The Morgan fingerprint density at radius 3 is 2.35 bits per heavy atom. The molecule has 4 nitrogen and oxygen atoms in total. The standard InChI is InChI=1S/C16H20N2O2/c1-10(2)9-15-11(3)17-18(12(15)4)14-7-5-13(6-8-14)16(19)20/h5-8,10H,9H2,1-4H3,(H,19,20). The van der Waals surface area contributed by atoms with Crippen LogP contribution in [0.25, 0.3) is 5.69 Å². The van der Waals surface area contributed by atoms with Crippen molar-refractivity contribution >= 4 is 5.97 Å². The first-order valence-electron chi connectivity index (χ1n) is 6.79. The van der Waals surface area contributed by atoms with E-state index in [-0.39, 0.29) is 5.56 Å². The molecule has 0 fully saturated rings. The lowest BCUT2D eigenvalue weighted by atomic mass is 10.0. The van der Waals surface area contributed by atoms with Crippen molar-refractivity contribution in [2.24, 2.45) is 5.92 Å². The van der Waals surface area contributed by atoms with Crippen LogP contribution in [0.4, 0.5) is 0 Å². The number of hydrogen-bond acceptors (Lipinski definition) is 2. The van der Waals surface area contributed by atoms with Gasteiger partial charge in [0.2, 0.25) is 0 Å². The summed E-state index contributed by atoms with van der Waals surface area (Å²) in [6, 6.07) is 6.80. The number of hydrogen-bond donors (Lipinski definition) is 1. The zero-order valence-electron chi connectivity index (χ0n) is 12.3. The quantitative estimate of drug-likeness (QED) is 0.928. The van der Waals surface area contributed by atoms with Crippen molar-refractivity contribution in [1.82, 2.24) is 9.78 Å². The zero-order valence-corrected chi connectivity index (χ0v) is 12.3. The van der Waals surface area contributed by atoms with Gasteiger partial charge >= 0.3 is 5.97 Å². The highest BCUT2D eigenvalue weighted by molar-refractivity contribution is 5.87. The van der Waals surface area contributed by atoms with Crippen LogP contribution in [0.1, 0.15) is 41.2 Å². The molecule has 4 heteroatoms. The minimum absolute atomic E-state index is 0.290. The van der Waals surface area contributed by atoms with E-state index in [0.717, 1.165) is 23.5 Å². The largest absolute Gasteiger partial charge is 0.478 e. The third-order valence-corrected chi connectivity index (χ3v) is 3.41. The molecule has 0 aliphatic heterocycles. The van der Waals surface area contributed by atoms with Crippen LogP contribution in [-0.2, 0) is 6.42 Å². The van der Waals surface area contributed by atoms with E-state index in [9.17, 15) is 4.79 Å². The summed E-state index contributed by atoms with van der Waals surface area (Å²) in [5.74, 6) is -0.329.